The summed E-state index contributed by atoms with van der Waals surface area (Å²) >= 11 is 5.89. The SMILES string of the molecule is NC(=O)[C@@H](c1ccccc1)N(CCc1ccc(F)cc1)S(=O)(=O)c1ccc(Cl)cc1. The summed E-state index contributed by atoms with van der Waals surface area (Å²) < 4.78 is 41.2. The van der Waals surface area contributed by atoms with Gasteiger partial charge in [-0.25, -0.2) is 12.8 Å². The second-order valence-electron chi connectivity index (χ2n) is 6.66. The van der Waals surface area contributed by atoms with Crippen LogP contribution in [0.25, 0.3) is 0 Å². The summed E-state index contributed by atoms with van der Waals surface area (Å²) in [5.41, 5.74) is 6.83. The Balaban J connectivity index is 2.03. The Bertz CT molecular complexity index is 1110. The highest BCUT2D eigenvalue weighted by Gasteiger charge is 2.35. The largest absolute Gasteiger partial charge is 0.368 e. The van der Waals surface area contributed by atoms with Gasteiger partial charge in [-0.2, -0.15) is 4.31 Å². The Labute approximate surface area is 179 Å². The second kappa shape index (κ2) is 9.38. The maximum atomic E-state index is 13.5. The van der Waals surface area contributed by atoms with Gasteiger partial charge in [0.15, 0.2) is 0 Å². The van der Waals surface area contributed by atoms with Gasteiger partial charge in [-0.3, -0.25) is 4.79 Å². The van der Waals surface area contributed by atoms with Crippen LogP contribution < -0.4 is 5.73 Å². The molecule has 0 heterocycles. The predicted molar refractivity (Wildman–Crippen MR) is 114 cm³/mol. The molecular formula is C22H20ClFN2O3S. The minimum absolute atomic E-state index is 0.00631. The monoisotopic (exact) mass is 446 g/mol. The third kappa shape index (κ3) is 5.05. The average Bonchev–Trinajstić information content (AvgIpc) is 2.73. The molecule has 1 amide bonds. The molecule has 3 aromatic carbocycles. The Morgan fingerprint density at radius 3 is 2.13 bits per heavy atom. The van der Waals surface area contributed by atoms with E-state index in [1.54, 1.807) is 42.5 Å². The predicted octanol–water partition coefficient (Wildman–Crippen LogP) is 3.94. The van der Waals surface area contributed by atoms with Crippen LogP contribution >= 0.6 is 11.6 Å². The lowest BCUT2D eigenvalue weighted by Gasteiger charge is -2.29. The highest BCUT2D eigenvalue weighted by atomic mass is 35.5. The van der Waals surface area contributed by atoms with Crippen LogP contribution in [0.2, 0.25) is 5.02 Å². The van der Waals surface area contributed by atoms with Crippen LogP contribution in [-0.4, -0.2) is 25.2 Å². The molecule has 5 nitrogen and oxygen atoms in total. The van der Waals surface area contributed by atoms with E-state index in [0.29, 0.717) is 10.6 Å². The van der Waals surface area contributed by atoms with Gasteiger partial charge in [-0.1, -0.05) is 54.1 Å². The molecular weight excluding hydrogens is 427 g/mol. The molecule has 0 saturated heterocycles. The summed E-state index contributed by atoms with van der Waals surface area (Å²) in [6.45, 7) is -0.0287. The van der Waals surface area contributed by atoms with Gasteiger partial charge in [-0.05, 0) is 53.9 Å². The van der Waals surface area contributed by atoms with Crippen molar-refractivity contribution in [2.24, 2.45) is 5.73 Å². The number of hydrogen-bond acceptors (Lipinski definition) is 3. The number of carbonyl (C=O) groups is 1. The van der Waals surface area contributed by atoms with Gasteiger partial charge in [0.05, 0.1) is 4.90 Å². The first kappa shape index (κ1) is 22.0. The summed E-state index contributed by atoms with van der Waals surface area (Å²) in [5, 5.41) is 0.390. The number of primary amides is 1. The smallest absolute Gasteiger partial charge is 0.244 e. The number of benzene rings is 3. The third-order valence-electron chi connectivity index (χ3n) is 4.63. The topological polar surface area (TPSA) is 80.5 Å². The third-order valence-corrected chi connectivity index (χ3v) is 6.76. The molecule has 0 aliphatic rings. The fourth-order valence-electron chi connectivity index (χ4n) is 3.13. The van der Waals surface area contributed by atoms with Crippen molar-refractivity contribution in [3.63, 3.8) is 0 Å². The van der Waals surface area contributed by atoms with Crippen LogP contribution in [0.1, 0.15) is 17.2 Å². The van der Waals surface area contributed by atoms with Gasteiger partial charge in [0.2, 0.25) is 15.9 Å². The molecule has 0 unspecified atom stereocenters. The van der Waals surface area contributed by atoms with Crippen molar-refractivity contribution in [3.05, 3.63) is 101 Å². The lowest BCUT2D eigenvalue weighted by molar-refractivity contribution is -0.121. The zero-order valence-corrected chi connectivity index (χ0v) is 17.5. The molecule has 30 heavy (non-hydrogen) atoms. The molecule has 8 heteroatoms. The van der Waals surface area contributed by atoms with Gasteiger partial charge in [0.25, 0.3) is 0 Å². The minimum Gasteiger partial charge on any atom is -0.368 e. The van der Waals surface area contributed by atoms with E-state index in [1.165, 1.54) is 36.4 Å². The van der Waals surface area contributed by atoms with E-state index in [1.807, 2.05) is 0 Å². The molecule has 0 aliphatic carbocycles. The van der Waals surface area contributed by atoms with E-state index in [4.69, 9.17) is 17.3 Å². The lowest BCUT2D eigenvalue weighted by atomic mass is 10.1. The van der Waals surface area contributed by atoms with Crippen LogP contribution in [0.15, 0.2) is 83.8 Å². The minimum atomic E-state index is -4.09. The van der Waals surface area contributed by atoms with Crippen molar-refractivity contribution in [2.75, 3.05) is 6.54 Å². The maximum absolute atomic E-state index is 13.5. The molecule has 1 atom stereocenters. The maximum Gasteiger partial charge on any atom is 0.244 e. The van der Waals surface area contributed by atoms with Gasteiger partial charge in [0, 0.05) is 11.6 Å². The summed E-state index contributed by atoms with van der Waals surface area (Å²) in [7, 11) is -4.09. The molecule has 0 fully saturated rings. The number of rotatable bonds is 8. The molecule has 0 bridgehead atoms. The number of nitrogens with two attached hydrogens (primary N) is 1. The van der Waals surface area contributed by atoms with Crippen LogP contribution in [0, 0.1) is 5.82 Å². The number of halogens is 2. The van der Waals surface area contributed by atoms with E-state index in [9.17, 15) is 17.6 Å². The van der Waals surface area contributed by atoms with Crippen molar-refractivity contribution >= 4 is 27.5 Å². The van der Waals surface area contributed by atoms with Crippen molar-refractivity contribution in [3.8, 4) is 0 Å². The molecule has 0 aliphatic heterocycles. The summed E-state index contributed by atoms with van der Waals surface area (Å²) in [4.78, 5) is 12.4. The lowest BCUT2D eigenvalue weighted by Crippen LogP contribution is -2.42. The molecule has 156 valence electrons. The standard InChI is InChI=1S/C22H20ClFN2O3S/c23-18-8-12-20(13-9-18)30(28,29)26(15-14-16-6-10-19(24)11-7-16)21(22(25)27)17-4-2-1-3-5-17/h1-13,21H,14-15H2,(H2,25,27)/t21-/m1/s1. The summed E-state index contributed by atoms with van der Waals surface area (Å²) in [6, 6.07) is 18.7. The van der Waals surface area contributed by atoms with E-state index in [0.717, 1.165) is 9.87 Å². The molecule has 0 saturated carbocycles. The Morgan fingerprint density at radius 1 is 0.967 bits per heavy atom. The number of sulfonamides is 1. The van der Waals surface area contributed by atoms with Crippen LogP contribution in [0.5, 0.6) is 0 Å². The van der Waals surface area contributed by atoms with Gasteiger partial charge < -0.3 is 5.73 Å². The van der Waals surface area contributed by atoms with Gasteiger partial charge >= 0.3 is 0 Å². The first-order valence-electron chi connectivity index (χ1n) is 9.15. The zero-order chi connectivity index (χ0) is 21.7. The van der Waals surface area contributed by atoms with Crippen LogP contribution in [0.4, 0.5) is 4.39 Å². The average molecular weight is 447 g/mol. The fourth-order valence-corrected chi connectivity index (χ4v) is 4.84. The zero-order valence-electron chi connectivity index (χ0n) is 15.9. The molecule has 3 aromatic rings. The van der Waals surface area contributed by atoms with E-state index < -0.39 is 22.0 Å². The quantitative estimate of drug-likeness (QED) is 0.569. The Morgan fingerprint density at radius 2 is 1.57 bits per heavy atom. The number of amides is 1. The van der Waals surface area contributed by atoms with Gasteiger partial charge in [-0.15, -0.1) is 0 Å². The molecule has 0 radical (unpaired) electrons. The first-order valence-corrected chi connectivity index (χ1v) is 11.0. The molecule has 2 N–H and O–H groups in total. The number of hydrogen-bond donors (Lipinski definition) is 1. The number of carbonyl (C=O) groups excluding carboxylic acids is 1. The van der Waals surface area contributed by atoms with E-state index in [-0.39, 0.29) is 23.7 Å². The highest BCUT2D eigenvalue weighted by Crippen LogP contribution is 2.29. The Kier molecular flexibility index (Phi) is 6.87. The number of nitrogens with zero attached hydrogens (tertiary/aromatic N) is 1. The van der Waals surface area contributed by atoms with Crippen LogP contribution in [0.3, 0.4) is 0 Å². The molecule has 0 aromatic heterocycles. The summed E-state index contributed by atoms with van der Waals surface area (Å²) in [5.74, 6) is -1.18. The normalized spacial score (nSPS) is 12.6. The van der Waals surface area contributed by atoms with Crippen LogP contribution in [-0.2, 0) is 21.2 Å². The Hall–Kier alpha value is -2.74. The first-order chi connectivity index (χ1) is 14.3. The van der Waals surface area contributed by atoms with Gasteiger partial charge in [0.1, 0.15) is 11.9 Å². The van der Waals surface area contributed by atoms with Crippen molar-refractivity contribution in [1.82, 2.24) is 4.31 Å². The second-order valence-corrected chi connectivity index (χ2v) is 8.99. The molecule has 0 spiro atoms. The van der Waals surface area contributed by atoms with Crippen molar-refractivity contribution < 1.29 is 17.6 Å². The van der Waals surface area contributed by atoms with E-state index >= 15 is 0 Å². The summed E-state index contributed by atoms with van der Waals surface area (Å²) in [6.07, 6.45) is 0.268. The molecule has 3 rings (SSSR count). The van der Waals surface area contributed by atoms with Crippen molar-refractivity contribution in [1.29, 1.82) is 0 Å². The highest BCUT2D eigenvalue weighted by molar-refractivity contribution is 7.89. The van der Waals surface area contributed by atoms with Crippen molar-refractivity contribution in [2.45, 2.75) is 17.4 Å². The van der Waals surface area contributed by atoms with E-state index in [2.05, 4.69) is 0 Å². The fraction of sp³-hybridized carbons (Fsp3) is 0.136.